The van der Waals surface area contributed by atoms with Crippen molar-refractivity contribution in [2.45, 2.75) is 32.5 Å². The summed E-state index contributed by atoms with van der Waals surface area (Å²) in [6.45, 7) is 3.60. The van der Waals surface area contributed by atoms with Gasteiger partial charge in [-0.3, -0.25) is 4.79 Å². The van der Waals surface area contributed by atoms with E-state index in [1.165, 1.54) is 36.7 Å². The Labute approximate surface area is 160 Å². The smallest absolute Gasteiger partial charge is 0.330 e. The Morgan fingerprint density at radius 3 is 2.68 bits per heavy atom. The van der Waals surface area contributed by atoms with Crippen molar-refractivity contribution in [3.63, 3.8) is 0 Å². The highest BCUT2D eigenvalue weighted by Crippen LogP contribution is 2.20. The van der Waals surface area contributed by atoms with Gasteiger partial charge in [-0.05, 0) is 38.1 Å². The molecule has 0 radical (unpaired) electrons. The molecule has 2 aromatic heterocycles. The zero-order valence-corrected chi connectivity index (χ0v) is 15.3. The minimum Gasteiger partial charge on any atom is -0.461 e. The van der Waals surface area contributed by atoms with Crippen LogP contribution in [-0.4, -0.2) is 38.7 Å². The Kier molecular flexibility index (Phi) is 5.83. The topological polar surface area (TPSA) is 99.2 Å². The first-order valence-corrected chi connectivity index (χ1v) is 8.62. The quantitative estimate of drug-likeness (QED) is 0.626. The van der Waals surface area contributed by atoms with E-state index in [-0.39, 0.29) is 24.2 Å². The van der Waals surface area contributed by atoms with Gasteiger partial charge in [-0.25, -0.2) is 14.2 Å². The van der Waals surface area contributed by atoms with Gasteiger partial charge in [-0.1, -0.05) is 5.16 Å². The number of carbonyl (C=O) groups is 2. The van der Waals surface area contributed by atoms with Crippen LogP contribution in [0.5, 0.6) is 0 Å². The van der Waals surface area contributed by atoms with Crippen molar-refractivity contribution in [1.82, 2.24) is 20.0 Å². The molecule has 0 saturated carbocycles. The van der Waals surface area contributed by atoms with Gasteiger partial charge in [0.05, 0.1) is 19.0 Å². The number of rotatable bonds is 7. The summed E-state index contributed by atoms with van der Waals surface area (Å²) in [5.41, 5.74) is 0.564. The molecular formula is C19H19FN4O4. The monoisotopic (exact) mass is 386 g/mol. The number of nitrogens with zero attached hydrogens (tertiary/aromatic N) is 3. The number of esters is 1. The fourth-order valence-corrected chi connectivity index (χ4v) is 2.46. The van der Waals surface area contributed by atoms with Gasteiger partial charge in [0, 0.05) is 24.0 Å². The minimum atomic E-state index is -0.935. The summed E-state index contributed by atoms with van der Waals surface area (Å²) in [6.07, 6.45) is 4.45. The average molecular weight is 386 g/mol. The van der Waals surface area contributed by atoms with Crippen molar-refractivity contribution >= 4 is 11.9 Å². The Bertz CT molecular complexity index is 935. The molecule has 2 heterocycles. The SMILES string of the molecule is CC(C)OC(=O)[C@H](Cn1ccnc1)NC(=O)c1cc(-c2ccc(F)cc2)on1. The standard InChI is InChI=1S/C19H19FN4O4/c1-12(2)27-19(26)16(10-24-8-7-21-11-24)22-18(25)15-9-17(28-23-15)13-3-5-14(20)6-4-13/h3-9,11-12,16H,10H2,1-2H3,(H,22,25)/t16-/m0/s1. The zero-order valence-electron chi connectivity index (χ0n) is 15.3. The van der Waals surface area contributed by atoms with E-state index in [2.05, 4.69) is 15.5 Å². The highest BCUT2D eigenvalue weighted by Gasteiger charge is 2.26. The Morgan fingerprint density at radius 2 is 2.04 bits per heavy atom. The molecule has 0 aliphatic carbocycles. The number of aromatic nitrogens is 3. The maximum absolute atomic E-state index is 13.0. The van der Waals surface area contributed by atoms with Crippen molar-refractivity contribution in [3.8, 4) is 11.3 Å². The molecule has 1 N–H and O–H groups in total. The van der Waals surface area contributed by atoms with E-state index in [0.717, 1.165) is 0 Å². The fourth-order valence-electron chi connectivity index (χ4n) is 2.46. The number of ether oxygens (including phenoxy) is 1. The second-order valence-corrected chi connectivity index (χ2v) is 6.35. The lowest BCUT2D eigenvalue weighted by Crippen LogP contribution is -2.45. The van der Waals surface area contributed by atoms with Gasteiger partial charge in [0.2, 0.25) is 0 Å². The second-order valence-electron chi connectivity index (χ2n) is 6.35. The molecule has 0 aliphatic heterocycles. The molecule has 146 valence electrons. The molecule has 3 aromatic rings. The molecule has 1 aromatic carbocycles. The lowest BCUT2D eigenvalue weighted by molar-refractivity contribution is -0.150. The number of benzene rings is 1. The van der Waals surface area contributed by atoms with Crippen LogP contribution >= 0.6 is 0 Å². The normalized spacial score (nSPS) is 12.0. The predicted molar refractivity (Wildman–Crippen MR) is 96.6 cm³/mol. The molecule has 0 fully saturated rings. The van der Waals surface area contributed by atoms with Crippen LogP contribution in [0, 0.1) is 5.82 Å². The molecule has 0 unspecified atom stereocenters. The molecule has 28 heavy (non-hydrogen) atoms. The third kappa shape index (κ3) is 4.81. The van der Waals surface area contributed by atoms with Crippen LogP contribution in [0.25, 0.3) is 11.3 Å². The highest BCUT2D eigenvalue weighted by molar-refractivity contribution is 5.95. The van der Waals surface area contributed by atoms with Crippen molar-refractivity contribution in [1.29, 1.82) is 0 Å². The molecule has 0 spiro atoms. The van der Waals surface area contributed by atoms with Gasteiger partial charge in [0.25, 0.3) is 5.91 Å². The number of imidazole rings is 1. The van der Waals surface area contributed by atoms with Crippen molar-refractivity contribution in [3.05, 3.63) is 60.6 Å². The van der Waals surface area contributed by atoms with Crippen molar-refractivity contribution < 1.29 is 23.2 Å². The van der Waals surface area contributed by atoms with Crippen LogP contribution in [0.15, 0.2) is 53.6 Å². The predicted octanol–water partition coefficient (Wildman–Crippen LogP) is 2.43. The average Bonchev–Trinajstić information content (AvgIpc) is 3.33. The summed E-state index contributed by atoms with van der Waals surface area (Å²) in [5.74, 6) is -1.24. The minimum absolute atomic E-state index is 0.00713. The summed E-state index contributed by atoms with van der Waals surface area (Å²) in [4.78, 5) is 28.8. The van der Waals surface area contributed by atoms with E-state index in [9.17, 15) is 14.0 Å². The third-order valence-electron chi connectivity index (χ3n) is 3.77. The fraction of sp³-hybridized carbons (Fsp3) is 0.263. The number of halogens is 1. The Balaban J connectivity index is 1.74. The number of amides is 1. The summed E-state index contributed by atoms with van der Waals surface area (Å²) < 4.78 is 25.1. The number of hydrogen-bond donors (Lipinski definition) is 1. The first-order valence-electron chi connectivity index (χ1n) is 8.62. The molecule has 1 amide bonds. The second kappa shape index (κ2) is 8.47. The molecule has 3 rings (SSSR count). The highest BCUT2D eigenvalue weighted by atomic mass is 19.1. The van der Waals surface area contributed by atoms with E-state index in [1.807, 2.05) is 0 Å². The van der Waals surface area contributed by atoms with Gasteiger partial charge < -0.3 is 19.1 Å². The van der Waals surface area contributed by atoms with E-state index < -0.39 is 17.9 Å². The Hall–Kier alpha value is -3.49. The molecule has 0 bridgehead atoms. The van der Waals surface area contributed by atoms with Crippen molar-refractivity contribution in [2.24, 2.45) is 0 Å². The van der Waals surface area contributed by atoms with Crippen LogP contribution in [0.3, 0.4) is 0 Å². The van der Waals surface area contributed by atoms with Crippen LogP contribution in [0.4, 0.5) is 4.39 Å². The summed E-state index contributed by atoms with van der Waals surface area (Å²) >= 11 is 0. The van der Waals surface area contributed by atoms with Crippen LogP contribution < -0.4 is 5.32 Å². The number of nitrogens with one attached hydrogen (secondary N) is 1. The van der Waals surface area contributed by atoms with Crippen molar-refractivity contribution in [2.75, 3.05) is 0 Å². The summed E-state index contributed by atoms with van der Waals surface area (Å²) in [7, 11) is 0. The zero-order chi connectivity index (χ0) is 20.1. The van der Waals surface area contributed by atoms with E-state index in [4.69, 9.17) is 9.26 Å². The van der Waals surface area contributed by atoms with Crippen LogP contribution in [0.1, 0.15) is 24.3 Å². The van der Waals surface area contributed by atoms with E-state index >= 15 is 0 Å². The first kappa shape index (κ1) is 19.3. The first-order chi connectivity index (χ1) is 13.4. The number of hydrogen-bond acceptors (Lipinski definition) is 6. The largest absolute Gasteiger partial charge is 0.461 e. The Morgan fingerprint density at radius 1 is 1.29 bits per heavy atom. The van der Waals surface area contributed by atoms with E-state index in [0.29, 0.717) is 11.3 Å². The van der Waals surface area contributed by atoms with Gasteiger partial charge in [0.1, 0.15) is 11.9 Å². The molecular weight excluding hydrogens is 367 g/mol. The molecule has 0 aliphatic rings. The van der Waals surface area contributed by atoms with Gasteiger partial charge in [-0.15, -0.1) is 0 Å². The number of carbonyl (C=O) groups excluding carboxylic acids is 2. The summed E-state index contributed by atoms with van der Waals surface area (Å²) in [6, 6.07) is 6.07. The third-order valence-corrected chi connectivity index (χ3v) is 3.77. The van der Waals surface area contributed by atoms with E-state index in [1.54, 1.807) is 30.8 Å². The maximum atomic E-state index is 13.0. The van der Waals surface area contributed by atoms with Gasteiger partial charge in [-0.2, -0.15) is 0 Å². The summed E-state index contributed by atoms with van der Waals surface area (Å²) in [5, 5.41) is 6.34. The van der Waals surface area contributed by atoms with Crippen LogP contribution in [-0.2, 0) is 16.1 Å². The molecule has 1 atom stereocenters. The lowest BCUT2D eigenvalue weighted by atomic mass is 10.1. The molecule has 9 heteroatoms. The molecule has 0 saturated heterocycles. The van der Waals surface area contributed by atoms with Gasteiger partial charge >= 0.3 is 5.97 Å². The van der Waals surface area contributed by atoms with Gasteiger partial charge in [0.15, 0.2) is 11.5 Å². The lowest BCUT2D eigenvalue weighted by Gasteiger charge is -2.19. The molecule has 8 nitrogen and oxygen atoms in total. The maximum Gasteiger partial charge on any atom is 0.330 e. The van der Waals surface area contributed by atoms with Crippen LogP contribution in [0.2, 0.25) is 0 Å².